The number of benzene rings is 16. The lowest BCUT2D eigenvalue weighted by Crippen LogP contribution is -2.96. The molecule has 6 aliphatic heterocycles. The summed E-state index contributed by atoms with van der Waals surface area (Å²) in [5.41, 5.74) is 66.3. The minimum absolute atomic E-state index is 0.278. The third-order valence-electron chi connectivity index (χ3n) is 22.2. The van der Waals surface area contributed by atoms with Crippen LogP contribution in [-0.4, -0.2) is 70.4 Å². The van der Waals surface area contributed by atoms with E-state index in [9.17, 15) is 49.4 Å². The lowest BCUT2D eigenvalue weighted by molar-refractivity contribution is -0.00265. The lowest BCUT2D eigenvalue weighted by atomic mass is 10.3. The average molecular weight is 1880 g/mol. The Morgan fingerprint density at radius 2 is 0.189 bits per heavy atom. The summed E-state index contributed by atoms with van der Waals surface area (Å²) in [6.07, 6.45) is 0. The summed E-state index contributed by atoms with van der Waals surface area (Å²) in [4.78, 5) is 0. The molecule has 22 rings (SSSR count). The van der Waals surface area contributed by atoms with Crippen LogP contribution in [0.15, 0.2) is 437 Å². The minimum Gasteiger partial charge on any atom is -0.366 e. The van der Waals surface area contributed by atoms with Crippen LogP contribution < -0.4 is 128 Å². The van der Waals surface area contributed by atoms with Gasteiger partial charge in [0.1, 0.15) is 0 Å². The Morgan fingerprint density at radius 3 is 0.295 bits per heavy atom. The van der Waals surface area contributed by atoms with Crippen molar-refractivity contribution in [2.75, 3.05) is 86.8 Å². The molecule has 0 radical (unpaired) electrons. The van der Waals surface area contributed by atoms with Crippen molar-refractivity contribution >= 4 is 203 Å². The number of para-hydroxylation sites is 16. The molecule has 6 heterocycles. The fraction of sp³-hybridized carbons (Fsp3) is 0. The van der Waals surface area contributed by atoms with Crippen molar-refractivity contribution in [3.8, 4) is 0 Å². The number of hydrazine groups is 8. The smallest absolute Gasteiger partial charge is 0.366 e. The number of hydrogen-bond acceptors (Lipinski definition) is 28. The molecule has 36 heteroatoms. The van der Waals surface area contributed by atoms with Crippen molar-refractivity contribution in [3.63, 3.8) is 0 Å². The number of hydrogen-bond donors (Lipinski definition) is 16. The topological polar surface area (TPSA) is 303 Å². The van der Waals surface area contributed by atoms with Gasteiger partial charge in [0, 0.05) is 41.5 Å². The largest absolute Gasteiger partial charge is 0.518 e. The van der Waals surface area contributed by atoms with Crippen LogP contribution in [-0.2, 0) is 49.4 Å². The van der Waals surface area contributed by atoms with E-state index in [1.54, 1.807) is 0 Å². The molecule has 656 valence electrons. The highest BCUT2D eigenvalue weighted by molar-refractivity contribution is 7.15. The van der Waals surface area contributed by atoms with Crippen molar-refractivity contribution in [3.05, 3.63) is 437 Å². The standard InChI is InChI=1S/C96H88N16O12Si8/c1-9-41-73(42-10-1)97-105-81-57-25-33-65-89(81)125-113-126(90-66-34-26-58-82(90)106-98-74-43-11-2-12-44-74)116-129(93-69-37-29-61-85(93)109-101-77-49-17-5-18-50-77)118-127(114-125,91-67-35-27-59-83(91)107-99-75-45-13-3-14-46-75)120-131(95-71-39-31-63-87(95)111-103-79-53-21-7-22-54-79)121-128(115-125,92-68-36-28-60-84(92)108-100-76-47-15-4-16-48-76)119-130(117-126,94-70-38-30-62-86(94)110-102-78-51-19-6-20-52-78)123-132(122-129,124-131)96-72-40-32-64-88(96)112-104-80-55-23-8-24-56-80/h1-72,97-112H. The van der Waals surface area contributed by atoms with Crippen LogP contribution in [0.25, 0.3) is 0 Å². The van der Waals surface area contributed by atoms with Gasteiger partial charge in [-0.15, -0.1) is 0 Å². The minimum atomic E-state index is -5.87. The normalized spacial score (nSPS) is 22.4. The third kappa shape index (κ3) is 17.1. The number of anilines is 16. The summed E-state index contributed by atoms with van der Waals surface area (Å²) in [5, 5.41) is 2.23. The van der Waals surface area contributed by atoms with E-state index in [1.807, 2.05) is 437 Å². The Balaban J connectivity index is 0.957. The van der Waals surface area contributed by atoms with E-state index >= 15 is 0 Å². The lowest BCUT2D eigenvalue weighted by Gasteiger charge is -2.63. The van der Waals surface area contributed by atoms with Crippen LogP contribution >= 0.6 is 0 Å². The molecule has 0 amide bonds. The Labute approximate surface area is 770 Å². The van der Waals surface area contributed by atoms with E-state index < -0.39 is 70.4 Å². The van der Waals surface area contributed by atoms with Crippen LogP contribution in [0.3, 0.4) is 0 Å². The van der Waals surface area contributed by atoms with Crippen LogP contribution in [0.1, 0.15) is 0 Å². The first kappa shape index (κ1) is 84.4. The Bertz CT molecular complexity index is 5440. The molecule has 0 aromatic heterocycles. The van der Waals surface area contributed by atoms with Crippen LogP contribution in [0, 0.1) is 0 Å². The number of nitrogens with one attached hydrogen (secondary N) is 16. The molecular formula is C96H88N16O12Si8. The van der Waals surface area contributed by atoms with E-state index in [2.05, 4.69) is 86.8 Å². The second-order valence-electron chi connectivity index (χ2n) is 31.0. The Hall–Kier alpha value is -14.4. The second-order valence-corrected chi connectivity index (χ2v) is 54.0. The van der Waals surface area contributed by atoms with E-state index in [1.165, 1.54) is 0 Å². The first-order chi connectivity index (χ1) is 65.1. The molecule has 0 spiro atoms. The molecule has 16 aromatic rings. The first-order valence-corrected chi connectivity index (χ1v) is 56.6. The summed E-state index contributed by atoms with van der Waals surface area (Å²) < 4.78 is 111. The summed E-state index contributed by atoms with van der Waals surface area (Å²) in [5.74, 6) is 0. The van der Waals surface area contributed by atoms with Crippen LogP contribution in [0.4, 0.5) is 91.0 Å². The van der Waals surface area contributed by atoms with Gasteiger partial charge in [0.25, 0.3) is 0 Å². The van der Waals surface area contributed by atoms with Gasteiger partial charge >= 0.3 is 70.4 Å². The predicted octanol–water partition coefficient (Wildman–Crippen LogP) is 14.5. The molecule has 0 unspecified atom stereocenters. The van der Waals surface area contributed by atoms with E-state index in [4.69, 9.17) is 0 Å². The monoisotopic (exact) mass is 1880 g/mol. The zero-order valence-corrected chi connectivity index (χ0v) is 78.5. The molecule has 16 N–H and O–H groups in total. The zero-order chi connectivity index (χ0) is 88.6. The predicted molar refractivity (Wildman–Crippen MR) is 537 cm³/mol. The van der Waals surface area contributed by atoms with Gasteiger partial charge in [0.2, 0.25) is 0 Å². The maximum atomic E-state index is 9.26. The van der Waals surface area contributed by atoms with E-state index in [0.717, 1.165) is 0 Å². The van der Waals surface area contributed by atoms with Gasteiger partial charge in [-0.3, -0.25) is 0 Å². The summed E-state index contributed by atoms with van der Waals surface area (Å²) in [6.45, 7) is 0. The molecule has 28 nitrogen and oxygen atoms in total. The highest BCUT2D eigenvalue weighted by Gasteiger charge is 2.88. The number of rotatable bonds is 32. The second kappa shape index (κ2) is 36.8. The fourth-order valence-corrected chi connectivity index (χ4v) is 62.8. The van der Waals surface area contributed by atoms with E-state index in [-0.39, 0.29) is 41.5 Å². The maximum absolute atomic E-state index is 9.26. The molecular weight excluding hydrogens is 1790 g/mol. The van der Waals surface area contributed by atoms with Gasteiger partial charge in [0.15, 0.2) is 0 Å². The van der Waals surface area contributed by atoms with Gasteiger partial charge in [-0.1, -0.05) is 291 Å². The van der Waals surface area contributed by atoms with Crippen LogP contribution in [0.2, 0.25) is 0 Å². The van der Waals surface area contributed by atoms with Gasteiger partial charge < -0.3 is 136 Å². The zero-order valence-electron chi connectivity index (χ0n) is 70.5. The highest BCUT2D eigenvalue weighted by atomic mass is 28.6. The van der Waals surface area contributed by atoms with Crippen LogP contribution in [0.5, 0.6) is 0 Å². The fourth-order valence-electron chi connectivity index (χ4n) is 16.1. The van der Waals surface area contributed by atoms with Gasteiger partial charge in [-0.05, 0) is 146 Å². The molecule has 8 bridgehead atoms. The molecule has 6 aliphatic rings. The van der Waals surface area contributed by atoms with Crippen molar-refractivity contribution in [2.45, 2.75) is 0 Å². The molecule has 6 saturated heterocycles. The quantitative estimate of drug-likeness (QED) is 0.0138. The van der Waals surface area contributed by atoms with Gasteiger partial charge in [-0.2, -0.15) is 0 Å². The van der Waals surface area contributed by atoms with Crippen molar-refractivity contribution in [2.24, 2.45) is 0 Å². The third-order valence-corrected chi connectivity index (χ3v) is 56.8. The van der Waals surface area contributed by atoms with Crippen molar-refractivity contribution in [1.29, 1.82) is 0 Å². The van der Waals surface area contributed by atoms with Gasteiger partial charge in [0.05, 0.1) is 91.0 Å². The van der Waals surface area contributed by atoms with Gasteiger partial charge in [-0.25, -0.2) is 0 Å². The Morgan fingerprint density at radius 1 is 0.0985 bits per heavy atom. The molecule has 132 heavy (non-hydrogen) atoms. The molecule has 16 aromatic carbocycles. The molecule has 0 atom stereocenters. The molecule has 0 aliphatic carbocycles. The molecule has 6 fully saturated rings. The highest BCUT2D eigenvalue weighted by Crippen LogP contribution is 2.52. The first-order valence-electron chi connectivity index (χ1n) is 42.8. The summed E-state index contributed by atoms with van der Waals surface area (Å²) in [6, 6.07) is 139. The van der Waals surface area contributed by atoms with Crippen molar-refractivity contribution in [1.82, 2.24) is 0 Å². The maximum Gasteiger partial charge on any atom is 0.518 e. The Kier molecular flexibility index (Phi) is 23.6. The summed E-state index contributed by atoms with van der Waals surface area (Å²) >= 11 is 0. The summed E-state index contributed by atoms with van der Waals surface area (Å²) in [7, 11) is -46.9. The van der Waals surface area contributed by atoms with Crippen molar-refractivity contribution < 1.29 is 49.4 Å². The average Bonchev–Trinajstić information content (AvgIpc) is 0.658. The van der Waals surface area contributed by atoms with E-state index in [0.29, 0.717) is 91.0 Å². The molecule has 0 saturated carbocycles. The SMILES string of the molecule is c1ccc(NNc2ccccc2[Si]23O[Si]4(c5ccccc5NNc5ccccc5)O[Si]5(c6ccccc6NNc6ccccc6)O[Si](c6ccccc6NNc6ccccc6)(O2)O[Si]2(c6ccccc6NNc6ccccc6)O[Si](c6ccccc6NNc6ccccc6)(O3)O[Si](c3ccccc3NNc3ccccc3)(O4)O[Si](c3ccccc3NNc3ccccc3)(O5)O2)cc1.